The average Bonchev–Trinajstić information content (AvgIpc) is 2.34. The van der Waals surface area contributed by atoms with E-state index in [0.717, 1.165) is 5.56 Å². The Bertz CT molecular complexity index is 497. The zero-order chi connectivity index (χ0) is 13.6. The number of nitrogens with one attached hydrogen (secondary N) is 2. The monoisotopic (exact) mass is 271 g/mol. The van der Waals surface area contributed by atoms with Crippen molar-refractivity contribution in [2.75, 3.05) is 13.1 Å². The first-order valence-corrected chi connectivity index (χ1v) is 6.97. The molecule has 0 spiro atoms. The highest BCUT2D eigenvalue weighted by atomic mass is 32.2. The van der Waals surface area contributed by atoms with Crippen LogP contribution in [0.25, 0.3) is 0 Å². The van der Waals surface area contributed by atoms with Gasteiger partial charge < -0.3 is 11.1 Å². The summed E-state index contributed by atoms with van der Waals surface area (Å²) >= 11 is 0. The van der Waals surface area contributed by atoms with Gasteiger partial charge in [-0.25, -0.2) is 13.1 Å². The second-order valence-electron chi connectivity index (χ2n) is 3.74. The Labute approximate surface area is 107 Å². The topological polar surface area (TPSA) is 101 Å². The maximum Gasteiger partial charge on any atom is 0.240 e. The summed E-state index contributed by atoms with van der Waals surface area (Å²) in [5, 5.41) is 2.63. The van der Waals surface area contributed by atoms with E-state index in [1.807, 2.05) is 0 Å². The molecule has 1 aromatic rings. The van der Waals surface area contributed by atoms with Crippen LogP contribution < -0.4 is 15.8 Å². The van der Waals surface area contributed by atoms with Crippen LogP contribution >= 0.6 is 0 Å². The van der Waals surface area contributed by atoms with Gasteiger partial charge in [-0.15, -0.1) is 0 Å². The minimum absolute atomic E-state index is 0.128. The number of carbonyl (C=O) groups is 1. The molecule has 0 saturated heterocycles. The summed E-state index contributed by atoms with van der Waals surface area (Å²) in [6, 6.07) is 6.31. The van der Waals surface area contributed by atoms with Gasteiger partial charge in [0.15, 0.2) is 0 Å². The fourth-order valence-electron chi connectivity index (χ4n) is 1.29. The number of benzene rings is 1. The van der Waals surface area contributed by atoms with E-state index in [1.54, 1.807) is 12.1 Å². The molecule has 1 amide bonds. The highest BCUT2D eigenvalue weighted by molar-refractivity contribution is 7.89. The average molecular weight is 271 g/mol. The molecular formula is C11H17N3O3S. The number of sulfonamides is 1. The summed E-state index contributed by atoms with van der Waals surface area (Å²) in [5.74, 6) is -0.128. The fraction of sp³-hybridized carbons (Fsp3) is 0.364. The van der Waals surface area contributed by atoms with Crippen LogP contribution in [0.4, 0.5) is 0 Å². The normalized spacial score (nSPS) is 11.2. The predicted octanol–water partition coefficient (Wildman–Crippen LogP) is -0.440. The van der Waals surface area contributed by atoms with Gasteiger partial charge in [-0.1, -0.05) is 12.1 Å². The van der Waals surface area contributed by atoms with Crippen molar-refractivity contribution < 1.29 is 13.2 Å². The molecular weight excluding hydrogens is 254 g/mol. The van der Waals surface area contributed by atoms with E-state index in [-0.39, 0.29) is 23.9 Å². The largest absolute Gasteiger partial charge is 0.352 e. The first-order chi connectivity index (χ1) is 8.45. The van der Waals surface area contributed by atoms with Crippen LogP contribution in [0.5, 0.6) is 0 Å². The zero-order valence-corrected chi connectivity index (χ0v) is 11.0. The molecule has 100 valence electrons. The van der Waals surface area contributed by atoms with Crippen LogP contribution in [0.3, 0.4) is 0 Å². The first kappa shape index (κ1) is 14.6. The third-order valence-corrected chi connectivity index (χ3v) is 3.69. The molecule has 0 aromatic heterocycles. The van der Waals surface area contributed by atoms with Gasteiger partial charge >= 0.3 is 0 Å². The van der Waals surface area contributed by atoms with Crippen LogP contribution in [0.15, 0.2) is 29.2 Å². The smallest absolute Gasteiger partial charge is 0.240 e. The maximum absolute atomic E-state index is 11.7. The molecule has 0 radical (unpaired) electrons. The van der Waals surface area contributed by atoms with Crippen molar-refractivity contribution in [2.45, 2.75) is 18.4 Å². The van der Waals surface area contributed by atoms with Crippen molar-refractivity contribution in [3.8, 4) is 0 Å². The quantitative estimate of drug-likeness (QED) is 0.653. The highest BCUT2D eigenvalue weighted by Gasteiger charge is 2.12. The van der Waals surface area contributed by atoms with Crippen molar-refractivity contribution in [1.82, 2.24) is 10.0 Å². The van der Waals surface area contributed by atoms with Crippen molar-refractivity contribution >= 4 is 15.9 Å². The molecule has 1 aromatic carbocycles. The number of carbonyl (C=O) groups excluding carboxylic acids is 1. The van der Waals surface area contributed by atoms with Gasteiger partial charge in [-0.3, -0.25) is 4.79 Å². The summed E-state index contributed by atoms with van der Waals surface area (Å²) in [6.45, 7) is 2.26. The van der Waals surface area contributed by atoms with Crippen molar-refractivity contribution in [3.05, 3.63) is 29.8 Å². The summed E-state index contributed by atoms with van der Waals surface area (Å²) in [7, 11) is -3.49. The Kier molecular flexibility index (Phi) is 5.26. The second-order valence-corrected chi connectivity index (χ2v) is 5.51. The van der Waals surface area contributed by atoms with Crippen molar-refractivity contribution in [3.63, 3.8) is 0 Å². The zero-order valence-electron chi connectivity index (χ0n) is 10.1. The van der Waals surface area contributed by atoms with E-state index in [2.05, 4.69) is 10.0 Å². The molecule has 6 nitrogen and oxygen atoms in total. The molecule has 1 rings (SSSR count). The Hall–Kier alpha value is -1.44. The SMILES string of the molecule is CC(=O)NCc1ccc(S(=O)(=O)NCCN)cc1. The van der Waals surface area contributed by atoms with Gasteiger partial charge in [0, 0.05) is 26.6 Å². The molecule has 0 fully saturated rings. The molecule has 0 heterocycles. The molecule has 0 aliphatic rings. The molecule has 7 heteroatoms. The summed E-state index contributed by atoms with van der Waals surface area (Å²) in [5.41, 5.74) is 6.07. The Morgan fingerprint density at radius 3 is 2.39 bits per heavy atom. The Morgan fingerprint density at radius 2 is 1.89 bits per heavy atom. The van der Waals surface area contributed by atoms with Gasteiger partial charge in [0.25, 0.3) is 0 Å². The Balaban J connectivity index is 2.73. The van der Waals surface area contributed by atoms with E-state index in [9.17, 15) is 13.2 Å². The number of amides is 1. The van der Waals surface area contributed by atoms with Gasteiger partial charge in [-0.05, 0) is 17.7 Å². The van der Waals surface area contributed by atoms with Crippen LogP contribution in [-0.4, -0.2) is 27.4 Å². The molecule has 0 unspecified atom stereocenters. The Morgan fingerprint density at radius 1 is 1.28 bits per heavy atom. The third kappa shape index (κ3) is 4.44. The number of hydrogen-bond acceptors (Lipinski definition) is 4. The fourth-order valence-corrected chi connectivity index (χ4v) is 2.34. The molecule has 18 heavy (non-hydrogen) atoms. The highest BCUT2D eigenvalue weighted by Crippen LogP contribution is 2.10. The molecule has 0 saturated carbocycles. The van der Waals surface area contributed by atoms with Crippen LogP contribution in [-0.2, 0) is 21.4 Å². The summed E-state index contributed by atoms with van der Waals surface area (Å²) in [4.78, 5) is 10.9. The van der Waals surface area contributed by atoms with Crippen LogP contribution in [0, 0.1) is 0 Å². The maximum atomic E-state index is 11.7. The third-order valence-electron chi connectivity index (χ3n) is 2.21. The van der Waals surface area contributed by atoms with Gasteiger partial charge in [-0.2, -0.15) is 0 Å². The standard InChI is InChI=1S/C11H17N3O3S/c1-9(15)13-8-10-2-4-11(5-3-10)18(16,17)14-7-6-12/h2-5,14H,6-8,12H2,1H3,(H,13,15). The van der Waals surface area contributed by atoms with Crippen LogP contribution in [0.1, 0.15) is 12.5 Å². The van der Waals surface area contributed by atoms with E-state index < -0.39 is 10.0 Å². The van der Waals surface area contributed by atoms with Crippen LogP contribution in [0.2, 0.25) is 0 Å². The lowest BCUT2D eigenvalue weighted by atomic mass is 10.2. The lowest BCUT2D eigenvalue weighted by molar-refractivity contribution is -0.119. The van der Waals surface area contributed by atoms with E-state index in [0.29, 0.717) is 6.54 Å². The number of rotatable bonds is 6. The summed E-state index contributed by atoms with van der Waals surface area (Å²) in [6.07, 6.45) is 0. The number of nitrogens with two attached hydrogens (primary N) is 1. The molecule has 0 aliphatic heterocycles. The van der Waals surface area contributed by atoms with Crippen molar-refractivity contribution in [2.24, 2.45) is 5.73 Å². The lowest BCUT2D eigenvalue weighted by Crippen LogP contribution is -2.29. The van der Waals surface area contributed by atoms with E-state index in [4.69, 9.17) is 5.73 Å². The minimum atomic E-state index is -3.49. The molecule has 0 atom stereocenters. The number of hydrogen-bond donors (Lipinski definition) is 3. The van der Waals surface area contributed by atoms with Gasteiger partial charge in [0.05, 0.1) is 4.90 Å². The minimum Gasteiger partial charge on any atom is -0.352 e. The van der Waals surface area contributed by atoms with E-state index in [1.165, 1.54) is 19.1 Å². The van der Waals surface area contributed by atoms with Gasteiger partial charge in [0.2, 0.25) is 15.9 Å². The predicted molar refractivity (Wildman–Crippen MR) is 68.2 cm³/mol. The van der Waals surface area contributed by atoms with Gasteiger partial charge in [0.1, 0.15) is 0 Å². The van der Waals surface area contributed by atoms with E-state index >= 15 is 0 Å². The first-order valence-electron chi connectivity index (χ1n) is 5.49. The lowest BCUT2D eigenvalue weighted by Gasteiger charge is -2.07. The molecule has 0 bridgehead atoms. The second kappa shape index (κ2) is 6.48. The molecule has 0 aliphatic carbocycles. The van der Waals surface area contributed by atoms with Crippen molar-refractivity contribution in [1.29, 1.82) is 0 Å². The summed E-state index contributed by atoms with van der Waals surface area (Å²) < 4.78 is 25.8. The molecule has 4 N–H and O–H groups in total.